The monoisotopic (exact) mass is 791 g/mol. The van der Waals surface area contributed by atoms with Gasteiger partial charge in [0.05, 0.1) is 44.2 Å². The Balaban J connectivity index is 1.12. The van der Waals surface area contributed by atoms with E-state index in [4.69, 9.17) is 0 Å². The number of amides is 2. The van der Waals surface area contributed by atoms with Crippen molar-refractivity contribution in [2.75, 3.05) is 108 Å². The summed E-state index contributed by atoms with van der Waals surface area (Å²) in [5.41, 5.74) is 4.21. The molecule has 6 N–H and O–H groups in total. The summed E-state index contributed by atoms with van der Waals surface area (Å²) in [5, 5.41) is 28.7. The normalized spacial score (nSPS) is 11.7. The molecule has 0 bridgehead atoms. The Labute approximate surface area is 336 Å². The topological polar surface area (TPSA) is 181 Å². The molecular formula is C43H53N9O6. The van der Waals surface area contributed by atoms with E-state index in [0.29, 0.717) is 106 Å². The average molecular weight is 792 g/mol. The predicted octanol–water partition coefficient (Wildman–Crippen LogP) is 4.37. The predicted molar refractivity (Wildman–Crippen MR) is 235 cm³/mol. The van der Waals surface area contributed by atoms with E-state index in [-0.39, 0.29) is 22.4 Å². The average Bonchev–Trinajstić information content (AvgIpc) is 3.19. The maximum absolute atomic E-state index is 13.9. The first-order chi connectivity index (χ1) is 27.9. The molecule has 0 fully saturated rings. The fourth-order valence-corrected chi connectivity index (χ4v) is 7.21. The van der Waals surface area contributed by atoms with Crippen LogP contribution in [-0.4, -0.2) is 135 Å². The smallest absolute Gasteiger partial charge is 0.214 e. The van der Waals surface area contributed by atoms with Crippen LogP contribution < -0.4 is 31.3 Å². The number of hydrogen-bond acceptors (Lipinski definition) is 11. The SMILES string of the molecule is CN(C)CCN(C=O)c1ccc(NCCCN(C)CCCNc2ccc(N(C=O)CCN(C)C)c3[nH]c4ccc(O)cc4c(=O)c23)c2c(=O)c3cc(O)ccc3[nH]c12. The molecule has 4 aromatic carbocycles. The highest BCUT2D eigenvalue weighted by Gasteiger charge is 2.19. The first kappa shape index (κ1) is 41.5. The van der Waals surface area contributed by atoms with Gasteiger partial charge in [-0.3, -0.25) is 19.2 Å². The minimum atomic E-state index is -0.242. The van der Waals surface area contributed by atoms with Crippen LogP contribution in [0.5, 0.6) is 11.5 Å². The second-order valence-corrected chi connectivity index (χ2v) is 15.2. The third-order valence-electron chi connectivity index (χ3n) is 10.3. The van der Waals surface area contributed by atoms with Gasteiger partial charge in [0.1, 0.15) is 11.5 Å². The second-order valence-electron chi connectivity index (χ2n) is 15.2. The lowest BCUT2D eigenvalue weighted by molar-refractivity contribution is -0.108. The van der Waals surface area contributed by atoms with Crippen LogP contribution >= 0.6 is 0 Å². The van der Waals surface area contributed by atoms with Gasteiger partial charge in [0.2, 0.25) is 12.8 Å². The first-order valence-electron chi connectivity index (χ1n) is 19.4. The molecule has 0 unspecified atom stereocenters. The van der Waals surface area contributed by atoms with Crippen LogP contribution in [0.1, 0.15) is 12.8 Å². The number of likely N-dealkylation sites (N-methyl/N-ethyl adjacent to an activating group) is 2. The number of pyridine rings is 2. The number of rotatable bonds is 20. The Kier molecular flexibility index (Phi) is 13.2. The lowest BCUT2D eigenvalue weighted by Gasteiger charge is -2.23. The molecule has 2 amide bonds. The zero-order valence-corrected chi connectivity index (χ0v) is 33.8. The summed E-state index contributed by atoms with van der Waals surface area (Å²) in [6, 6.07) is 16.6. The number of nitrogens with one attached hydrogen (secondary N) is 4. The minimum Gasteiger partial charge on any atom is -0.508 e. The summed E-state index contributed by atoms with van der Waals surface area (Å²) in [7, 11) is 9.78. The van der Waals surface area contributed by atoms with E-state index in [1.54, 1.807) is 21.9 Å². The molecule has 0 aliphatic carbocycles. The molecule has 0 radical (unpaired) electrons. The summed E-state index contributed by atoms with van der Waals surface area (Å²) in [6.45, 7) is 4.90. The number of carbonyl (C=O) groups excluding carboxylic acids is 2. The number of phenolic OH excluding ortho intramolecular Hbond substituents is 2. The van der Waals surface area contributed by atoms with Gasteiger partial charge >= 0.3 is 0 Å². The Bertz CT molecular complexity index is 2380. The lowest BCUT2D eigenvalue weighted by atomic mass is 10.1. The molecule has 58 heavy (non-hydrogen) atoms. The largest absolute Gasteiger partial charge is 0.508 e. The first-order valence-corrected chi connectivity index (χ1v) is 19.4. The van der Waals surface area contributed by atoms with Gasteiger partial charge in [-0.15, -0.1) is 0 Å². The number of aromatic nitrogens is 2. The maximum atomic E-state index is 13.9. The van der Waals surface area contributed by atoms with E-state index in [1.807, 2.05) is 69.3 Å². The summed E-state index contributed by atoms with van der Waals surface area (Å²) in [6.07, 6.45) is 3.12. The Morgan fingerprint density at radius 3 is 1.36 bits per heavy atom. The van der Waals surface area contributed by atoms with E-state index in [1.165, 1.54) is 24.3 Å². The van der Waals surface area contributed by atoms with E-state index in [2.05, 4.69) is 25.5 Å². The summed E-state index contributed by atoms with van der Waals surface area (Å²) < 4.78 is 0. The molecule has 0 saturated heterocycles. The number of aromatic hydroxyl groups is 2. The van der Waals surface area contributed by atoms with Gasteiger partial charge in [-0.2, -0.15) is 0 Å². The fraction of sp³-hybridized carbons (Fsp3) is 0.349. The Hall–Kier alpha value is -6.16. The van der Waals surface area contributed by atoms with Crippen molar-refractivity contribution >= 4 is 79.2 Å². The van der Waals surface area contributed by atoms with Crippen molar-refractivity contribution in [2.24, 2.45) is 0 Å². The number of phenols is 2. The van der Waals surface area contributed by atoms with Gasteiger partial charge in [-0.1, -0.05) is 0 Å². The number of nitrogens with zero attached hydrogens (tertiary/aromatic N) is 5. The highest BCUT2D eigenvalue weighted by Crippen LogP contribution is 2.33. The third kappa shape index (κ3) is 9.17. The van der Waals surface area contributed by atoms with Crippen molar-refractivity contribution in [3.63, 3.8) is 0 Å². The molecule has 0 aliphatic rings. The molecule has 6 rings (SSSR count). The van der Waals surface area contributed by atoms with Crippen LogP contribution in [0.3, 0.4) is 0 Å². The van der Waals surface area contributed by atoms with Gasteiger partial charge in [0.15, 0.2) is 10.9 Å². The molecule has 6 aromatic rings. The van der Waals surface area contributed by atoms with Gasteiger partial charge in [-0.05, 0) is 122 Å². The van der Waals surface area contributed by atoms with Crippen LogP contribution in [0, 0.1) is 0 Å². The molecule has 15 nitrogen and oxygen atoms in total. The number of fused-ring (bicyclic) bond motifs is 4. The number of carbonyl (C=O) groups is 2. The van der Waals surface area contributed by atoms with Gasteiger partial charge in [-0.25, -0.2) is 0 Å². The molecule has 2 heterocycles. The van der Waals surface area contributed by atoms with Crippen molar-refractivity contribution in [1.82, 2.24) is 24.7 Å². The zero-order chi connectivity index (χ0) is 41.5. The van der Waals surface area contributed by atoms with Gasteiger partial charge < -0.3 is 55.3 Å². The number of benzene rings is 4. The van der Waals surface area contributed by atoms with Crippen molar-refractivity contribution < 1.29 is 19.8 Å². The number of aromatic amines is 2. The van der Waals surface area contributed by atoms with Gasteiger partial charge in [0.25, 0.3) is 0 Å². The third-order valence-corrected chi connectivity index (χ3v) is 10.3. The highest BCUT2D eigenvalue weighted by atomic mass is 16.3. The Morgan fingerprint density at radius 2 is 0.983 bits per heavy atom. The minimum absolute atomic E-state index is 0.00599. The van der Waals surface area contributed by atoms with E-state index in [9.17, 15) is 29.4 Å². The van der Waals surface area contributed by atoms with Crippen molar-refractivity contribution in [3.8, 4) is 11.5 Å². The van der Waals surface area contributed by atoms with Gasteiger partial charge in [0, 0.05) is 61.4 Å². The van der Waals surface area contributed by atoms with Crippen LogP contribution in [0.2, 0.25) is 0 Å². The lowest BCUT2D eigenvalue weighted by Crippen LogP contribution is -2.31. The number of hydrogen-bond donors (Lipinski definition) is 6. The molecule has 306 valence electrons. The molecule has 0 spiro atoms. The number of anilines is 4. The summed E-state index contributed by atoms with van der Waals surface area (Å²) >= 11 is 0. The highest BCUT2D eigenvalue weighted by molar-refractivity contribution is 6.08. The van der Waals surface area contributed by atoms with Crippen molar-refractivity contribution in [1.29, 1.82) is 0 Å². The van der Waals surface area contributed by atoms with Crippen LogP contribution in [0.15, 0.2) is 70.3 Å². The molecule has 0 atom stereocenters. The van der Waals surface area contributed by atoms with E-state index in [0.717, 1.165) is 38.8 Å². The molecular weight excluding hydrogens is 739 g/mol. The van der Waals surface area contributed by atoms with E-state index < -0.39 is 0 Å². The molecule has 2 aromatic heterocycles. The zero-order valence-electron chi connectivity index (χ0n) is 33.8. The standard InChI is InChI=1S/C43H53N9O6/c1-48(2)20-22-51(26-53)36-14-12-34(38-40(36)46-32-10-8-28(55)24-30(32)42(38)57)44-16-6-18-50(5)19-7-17-45-35-13-15-37(52(27-54)23-21-49(3)4)41-39(35)43(58)31-25-29(56)9-11-33(31)47-41/h8-15,24-27,44-45,55-56H,6-7,16-23H2,1-5H3,(H,46,57)(H,47,58). The maximum Gasteiger partial charge on any atom is 0.214 e. The van der Waals surface area contributed by atoms with Crippen molar-refractivity contribution in [3.05, 3.63) is 81.1 Å². The van der Waals surface area contributed by atoms with E-state index >= 15 is 0 Å². The molecule has 0 aliphatic heterocycles. The fourth-order valence-electron chi connectivity index (χ4n) is 7.21. The molecule has 15 heteroatoms. The quantitative estimate of drug-likeness (QED) is 0.0367. The number of H-pyrrole nitrogens is 2. The van der Waals surface area contributed by atoms with Crippen LogP contribution in [0.25, 0.3) is 43.6 Å². The summed E-state index contributed by atoms with van der Waals surface area (Å²) in [4.78, 5) is 68.3. The van der Waals surface area contributed by atoms with Crippen LogP contribution in [0.4, 0.5) is 22.7 Å². The van der Waals surface area contributed by atoms with Crippen LogP contribution in [-0.2, 0) is 9.59 Å². The Morgan fingerprint density at radius 1 is 0.569 bits per heavy atom. The van der Waals surface area contributed by atoms with Crippen molar-refractivity contribution in [2.45, 2.75) is 12.8 Å². The second kappa shape index (κ2) is 18.4. The summed E-state index contributed by atoms with van der Waals surface area (Å²) in [5.74, 6) is -0.0120. The molecule has 0 saturated carbocycles.